The maximum atomic E-state index is 12.9. The molecule has 1 N–H and O–H groups in total. The topological polar surface area (TPSA) is 83.6 Å². The maximum Gasteiger partial charge on any atom is 0.241 e. The Hall–Kier alpha value is -1.73. The van der Waals surface area contributed by atoms with E-state index in [1.807, 2.05) is 43.5 Å². The van der Waals surface area contributed by atoms with Crippen molar-refractivity contribution >= 4 is 22.2 Å². The van der Waals surface area contributed by atoms with Crippen molar-refractivity contribution in [2.24, 2.45) is 0 Å². The first-order valence-electron chi connectivity index (χ1n) is 8.69. The smallest absolute Gasteiger partial charge is 0.241 e. The lowest BCUT2D eigenvalue weighted by molar-refractivity contribution is -0.132. The molecule has 1 amide bonds. The van der Waals surface area contributed by atoms with Gasteiger partial charge in [-0.3, -0.25) is 9.59 Å². The van der Waals surface area contributed by atoms with E-state index in [0.717, 1.165) is 18.4 Å². The number of nitrogens with zero attached hydrogens (tertiary/aromatic N) is 1. The van der Waals surface area contributed by atoms with E-state index in [2.05, 4.69) is 4.72 Å². The van der Waals surface area contributed by atoms with Gasteiger partial charge >= 0.3 is 0 Å². The summed E-state index contributed by atoms with van der Waals surface area (Å²) in [5.74, 6) is -0.361. The SMILES string of the molecule is CCCCS(=O)(=O)N[C@H](Cc1ccccc1)C(=O)N1CCC[C@H]1[C]=O. The molecule has 2 atom stereocenters. The summed E-state index contributed by atoms with van der Waals surface area (Å²) in [5.41, 5.74) is 0.866. The van der Waals surface area contributed by atoms with Gasteiger partial charge in [-0.15, -0.1) is 0 Å². The molecule has 1 aliphatic rings. The van der Waals surface area contributed by atoms with Crippen molar-refractivity contribution in [3.8, 4) is 0 Å². The highest BCUT2D eigenvalue weighted by atomic mass is 32.2. The molecule has 6 nitrogen and oxygen atoms in total. The summed E-state index contributed by atoms with van der Waals surface area (Å²) in [7, 11) is -3.56. The predicted octanol–water partition coefficient (Wildman–Crippen LogP) is 1.42. The number of carbonyl (C=O) groups is 1. The molecule has 1 radical (unpaired) electrons. The number of hydrogen-bond acceptors (Lipinski definition) is 4. The number of amides is 1. The first kappa shape index (κ1) is 19.6. The second-order valence-electron chi connectivity index (χ2n) is 6.34. The number of benzene rings is 1. The fourth-order valence-corrected chi connectivity index (χ4v) is 4.40. The van der Waals surface area contributed by atoms with Gasteiger partial charge in [0, 0.05) is 6.54 Å². The average molecular weight is 365 g/mol. The highest BCUT2D eigenvalue weighted by molar-refractivity contribution is 7.89. The van der Waals surface area contributed by atoms with Crippen LogP contribution in [0.5, 0.6) is 0 Å². The van der Waals surface area contributed by atoms with Crippen LogP contribution in [0.1, 0.15) is 38.2 Å². The van der Waals surface area contributed by atoms with Crippen LogP contribution in [0.25, 0.3) is 0 Å². The van der Waals surface area contributed by atoms with Gasteiger partial charge in [-0.25, -0.2) is 13.1 Å². The molecule has 0 aliphatic carbocycles. The van der Waals surface area contributed by atoms with Gasteiger partial charge in [-0.05, 0) is 31.2 Å². The molecule has 1 aromatic rings. The molecule has 1 heterocycles. The van der Waals surface area contributed by atoms with Crippen molar-refractivity contribution in [3.05, 3.63) is 35.9 Å². The molecule has 7 heteroatoms. The Kier molecular flexibility index (Phi) is 7.13. The van der Waals surface area contributed by atoms with Crippen molar-refractivity contribution in [2.75, 3.05) is 12.3 Å². The number of sulfonamides is 1. The number of unbranched alkanes of at least 4 members (excludes halogenated alkanes) is 1. The Labute approximate surface area is 149 Å². The van der Waals surface area contributed by atoms with E-state index in [1.165, 1.54) is 4.90 Å². The molecule has 0 aromatic heterocycles. The Bertz CT molecular complexity index is 676. The minimum atomic E-state index is -3.56. The summed E-state index contributed by atoms with van der Waals surface area (Å²) in [6, 6.07) is 7.79. The fourth-order valence-electron chi connectivity index (χ4n) is 2.99. The second kappa shape index (κ2) is 9.10. The molecule has 0 unspecified atom stereocenters. The van der Waals surface area contributed by atoms with Gasteiger partial charge in [0.1, 0.15) is 6.04 Å². The Morgan fingerprint density at radius 2 is 2.08 bits per heavy atom. The lowest BCUT2D eigenvalue weighted by atomic mass is 10.1. The summed E-state index contributed by atoms with van der Waals surface area (Å²) in [4.78, 5) is 25.4. The lowest BCUT2D eigenvalue weighted by Crippen LogP contribution is -2.51. The number of carbonyl (C=O) groups excluding carboxylic acids is 2. The van der Waals surface area contributed by atoms with Gasteiger partial charge in [0.15, 0.2) is 0 Å². The summed E-state index contributed by atoms with van der Waals surface area (Å²) >= 11 is 0. The molecular weight excluding hydrogens is 340 g/mol. The normalized spacial score (nSPS) is 18.9. The quantitative estimate of drug-likeness (QED) is 0.717. The Morgan fingerprint density at radius 1 is 1.36 bits per heavy atom. The summed E-state index contributed by atoms with van der Waals surface area (Å²) in [5, 5.41) is 0. The van der Waals surface area contributed by atoms with Crippen LogP contribution in [0.15, 0.2) is 30.3 Å². The van der Waals surface area contributed by atoms with Crippen molar-refractivity contribution < 1.29 is 18.0 Å². The van der Waals surface area contributed by atoms with Gasteiger partial charge in [0.2, 0.25) is 22.2 Å². The summed E-state index contributed by atoms with van der Waals surface area (Å²) in [6.07, 6.45) is 4.75. The third kappa shape index (κ3) is 5.64. The number of hydrogen-bond donors (Lipinski definition) is 1. The molecule has 1 saturated heterocycles. The zero-order chi connectivity index (χ0) is 18.3. The van der Waals surface area contributed by atoms with Crippen molar-refractivity contribution in [1.82, 2.24) is 9.62 Å². The molecule has 2 rings (SSSR count). The van der Waals surface area contributed by atoms with E-state index < -0.39 is 22.1 Å². The van der Waals surface area contributed by atoms with Gasteiger partial charge in [-0.2, -0.15) is 0 Å². The Morgan fingerprint density at radius 3 is 2.72 bits per heavy atom. The van der Waals surface area contributed by atoms with Gasteiger partial charge in [0.25, 0.3) is 0 Å². The molecule has 137 valence electrons. The average Bonchev–Trinajstić information content (AvgIpc) is 3.08. The number of nitrogens with one attached hydrogen (secondary N) is 1. The highest BCUT2D eigenvalue weighted by Gasteiger charge is 2.35. The number of rotatable bonds is 9. The van der Waals surface area contributed by atoms with Crippen molar-refractivity contribution in [1.29, 1.82) is 0 Å². The standard InChI is InChI=1S/C18H25N2O4S/c1-2-3-12-25(23,24)19-17(13-15-8-5-4-6-9-15)18(22)20-11-7-10-16(20)14-21/h4-6,8-9,16-17,19H,2-3,7,10-13H2,1H3/t16-,17+/m0/s1. The first-order valence-corrected chi connectivity index (χ1v) is 10.3. The van der Waals surface area contributed by atoms with Crippen LogP contribution in [0.3, 0.4) is 0 Å². The van der Waals surface area contributed by atoms with Crippen LogP contribution in [0.2, 0.25) is 0 Å². The molecule has 1 fully saturated rings. The molecule has 1 aliphatic heterocycles. The predicted molar refractivity (Wildman–Crippen MR) is 96.2 cm³/mol. The minimum absolute atomic E-state index is 0.00863. The first-order chi connectivity index (χ1) is 12.0. The minimum Gasteiger partial charge on any atom is -0.331 e. The lowest BCUT2D eigenvalue weighted by Gasteiger charge is -2.26. The molecule has 0 bridgehead atoms. The fraction of sp³-hybridized carbons (Fsp3) is 0.556. The number of likely N-dealkylation sites (tertiary alicyclic amines) is 1. The van der Waals surface area contributed by atoms with E-state index >= 15 is 0 Å². The monoisotopic (exact) mass is 365 g/mol. The third-order valence-corrected chi connectivity index (χ3v) is 5.81. The largest absolute Gasteiger partial charge is 0.331 e. The van der Waals surface area contributed by atoms with E-state index in [4.69, 9.17) is 0 Å². The van der Waals surface area contributed by atoms with E-state index in [0.29, 0.717) is 19.4 Å². The van der Waals surface area contributed by atoms with E-state index in [-0.39, 0.29) is 18.1 Å². The highest BCUT2D eigenvalue weighted by Crippen LogP contribution is 2.18. The van der Waals surface area contributed by atoms with Crippen LogP contribution in [0.4, 0.5) is 0 Å². The zero-order valence-corrected chi connectivity index (χ0v) is 15.3. The van der Waals surface area contributed by atoms with Crippen LogP contribution < -0.4 is 4.72 Å². The van der Waals surface area contributed by atoms with Crippen LogP contribution in [-0.4, -0.2) is 49.9 Å². The van der Waals surface area contributed by atoms with E-state index in [9.17, 15) is 18.0 Å². The molecule has 0 spiro atoms. The van der Waals surface area contributed by atoms with Crippen LogP contribution in [0, 0.1) is 0 Å². The van der Waals surface area contributed by atoms with Crippen molar-refractivity contribution in [3.63, 3.8) is 0 Å². The molecule has 25 heavy (non-hydrogen) atoms. The Balaban J connectivity index is 2.19. The summed E-state index contributed by atoms with van der Waals surface area (Å²) in [6.45, 7) is 2.37. The van der Waals surface area contributed by atoms with Gasteiger partial charge in [-0.1, -0.05) is 43.7 Å². The maximum absolute atomic E-state index is 12.9. The molecule has 1 aromatic carbocycles. The van der Waals surface area contributed by atoms with Crippen molar-refractivity contribution in [2.45, 2.75) is 51.1 Å². The third-order valence-electron chi connectivity index (χ3n) is 4.34. The molecule has 0 saturated carbocycles. The van der Waals surface area contributed by atoms with Crippen LogP contribution in [-0.2, 0) is 26.0 Å². The summed E-state index contributed by atoms with van der Waals surface area (Å²) < 4.78 is 27.2. The zero-order valence-electron chi connectivity index (χ0n) is 14.5. The molecular formula is C18H25N2O4S. The van der Waals surface area contributed by atoms with E-state index in [1.54, 1.807) is 0 Å². The van der Waals surface area contributed by atoms with Crippen LogP contribution >= 0.6 is 0 Å². The second-order valence-corrected chi connectivity index (χ2v) is 8.21. The van der Waals surface area contributed by atoms with Gasteiger partial charge < -0.3 is 4.90 Å². The van der Waals surface area contributed by atoms with Gasteiger partial charge in [0.05, 0.1) is 11.8 Å².